The van der Waals surface area contributed by atoms with Crippen LogP contribution < -0.4 is 38.5 Å². The fourth-order valence-corrected chi connectivity index (χ4v) is 5.54. The molecule has 4 aromatic rings. The number of aromatic nitrogens is 2. The van der Waals surface area contributed by atoms with Gasteiger partial charge in [-0.3, -0.25) is 29.0 Å². The number of aromatic amines is 1. The van der Waals surface area contributed by atoms with E-state index in [-0.39, 0.29) is 38.2 Å². The maximum atomic E-state index is 14.0. The number of hydrogen-bond donors (Lipinski definition) is 8. The number of amides is 5. The van der Waals surface area contributed by atoms with E-state index in [1.165, 1.54) is 19.4 Å². The van der Waals surface area contributed by atoms with Gasteiger partial charge in [0, 0.05) is 44.6 Å². The van der Waals surface area contributed by atoms with Crippen LogP contribution in [0.4, 0.5) is 0 Å². The highest BCUT2D eigenvalue weighted by atomic mass is 16.2. The van der Waals surface area contributed by atoms with Crippen molar-refractivity contribution >= 4 is 46.3 Å². The fourth-order valence-electron chi connectivity index (χ4n) is 5.54. The van der Waals surface area contributed by atoms with Crippen LogP contribution in [0.25, 0.3) is 10.8 Å². The second-order valence-electron chi connectivity index (χ2n) is 12.1. The smallest absolute Gasteiger partial charge is 0.243 e. The number of H-pyrrole nitrogens is 1. The molecule has 0 radical (unpaired) electrons. The van der Waals surface area contributed by atoms with Crippen LogP contribution in [0, 0.1) is 0 Å². The third kappa shape index (κ3) is 12.0. The molecule has 3 aromatic carbocycles. The quantitative estimate of drug-likeness (QED) is 0.0401. The zero-order valence-corrected chi connectivity index (χ0v) is 28.3. The van der Waals surface area contributed by atoms with Crippen LogP contribution in [-0.2, 0) is 43.2 Å². The van der Waals surface area contributed by atoms with E-state index in [4.69, 9.17) is 17.2 Å². The van der Waals surface area contributed by atoms with Gasteiger partial charge in [0.1, 0.15) is 24.2 Å². The lowest BCUT2D eigenvalue weighted by atomic mass is 10.0. The Morgan fingerprint density at radius 3 is 1.96 bits per heavy atom. The van der Waals surface area contributed by atoms with Gasteiger partial charge in [-0.1, -0.05) is 72.8 Å². The highest BCUT2D eigenvalue weighted by Gasteiger charge is 2.31. The van der Waals surface area contributed by atoms with Gasteiger partial charge >= 0.3 is 0 Å². The first-order valence-electron chi connectivity index (χ1n) is 16.5. The number of rotatable bonds is 18. The number of nitrogens with one attached hydrogen (secondary N) is 5. The first-order valence-corrected chi connectivity index (χ1v) is 16.5. The minimum absolute atomic E-state index is 0.0729. The van der Waals surface area contributed by atoms with Gasteiger partial charge in [-0.15, -0.1) is 0 Å². The monoisotopic (exact) mass is 696 g/mol. The second kappa shape index (κ2) is 18.5. The second-order valence-corrected chi connectivity index (χ2v) is 12.1. The molecule has 1 heterocycles. The number of guanidine groups is 1. The molecular formula is C36H44N10O5. The van der Waals surface area contributed by atoms with Crippen molar-refractivity contribution in [2.75, 3.05) is 6.54 Å². The number of carbonyl (C=O) groups is 5. The summed E-state index contributed by atoms with van der Waals surface area (Å²) in [6, 6.07) is 18.0. The molecule has 0 aliphatic rings. The van der Waals surface area contributed by atoms with Gasteiger partial charge in [0.15, 0.2) is 5.96 Å². The summed E-state index contributed by atoms with van der Waals surface area (Å²) < 4.78 is 0. The van der Waals surface area contributed by atoms with E-state index >= 15 is 0 Å². The zero-order chi connectivity index (χ0) is 36.8. The third-order valence-electron chi connectivity index (χ3n) is 8.08. The highest BCUT2D eigenvalue weighted by molar-refractivity contribution is 5.95. The molecule has 15 heteroatoms. The molecule has 11 N–H and O–H groups in total. The van der Waals surface area contributed by atoms with Crippen molar-refractivity contribution < 1.29 is 24.0 Å². The number of benzene rings is 3. The van der Waals surface area contributed by atoms with Gasteiger partial charge in [-0.05, 0) is 34.7 Å². The maximum absolute atomic E-state index is 14.0. The minimum Gasteiger partial charge on any atom is -0.370 e. The molecule has 0 bridgehead atoms. The third-order valence-corrected chi connectivity index (χ3v) is 8.08. The Bertz CT molecular complexity index is 1830. The van der Waals surface area contributed by atoms with E-state index in [1.807, 2.05) is 48.5 Å². The van der Waals surface area contributed by atoms with Gasteiger partial charge in [0.25, 0.3) is 0 Å². The van der Waals surface area contributed by atoms with Gasteiger partial charge in [-0.2, -0.15) is 0 Å². The predicted octanol–water partition coefficient (Wildman–Crippen LogP) is 0.0888. The number of carbonyl (C=O) groups excluding carboxylic acids is 5. The van der Waals surface area contributed by atoms with E-state index in [2.05, 4.69) is 36.2 Å². The molecule has 268 valence electrons. The molecule has 4 atom stereocenters. The van der Waals surface area contributed by atoms with Crippen LogP contribution in [0.15, 0.2) is 90.3 Å². The lowest BCUT2D eigenvalue weighted by Crippen LogP contribution is -2.59. The summed E-state index contributed by atoms with van der Waals surface area (Å²) >= 11 is 0. The average molecular weight is 697 g/mol. The van der Waals surface area contributed by atoms with Crippen LogP contribution in [0.1, 0.15) is 36.6 Å². The maximum Gasteiger partial charge on any atom is 0.243 e. The van der Waals surface area contributed by atoms with Crippen molar-refractivity contribution in [2.45, 2.75) is 63.2 Å². The van der Waals surface area contributed by atoms with Gasteiger partial charge in [-0.25, -0.2) is 4.98 Å². The zero-order valence-electron chi connectivity index (χ0n) is 28.3. The Labute approximate surface area is 295 Å². The number of hydrogen-bond acceptors (Lipinski definition) is 7. The summed E-state index contributed by atoms with van der Waals surface area (Å²) in [5.74, 6) is -3.26. The van der Waals surface area contributed by atoms with Crippen molar-refractivity contribution in [3.8, 4) is 0 Å². The SMILES string of the molecule is CC(=O)N[C@@H](Cc1cnc[nH]1)C(=O)N[C@H](Cc1ccccc1)C(=O)N[C@@H](CCCN=C(N)N)C(=O)N[C@H](Cc1ccc2ccccc2c1)C(N)=O. The fraction of sp³-hybridized carbons (Fsp3) is 0.306. The Kier molecular flexibility index (Phi) is 13.6. The molecule has 0 saturated heterocycles. The minimum atomic E-state index is -1.16. The van der Waals surface area contributed by atoms with Gasteiger partial charge < -0.3 is 43.5 Å². The van der Waals surface area contributed by atoms with Crippen LogP contribution in [0.5, 0.6) is 0 Å². The number of nitrogens with zero attached hydrogens (tertiary/aromatic N) is 2. The van der Waals surface area contributed by atoms with Crippen molar-refractivity contribution in [1.82, 2.24) is 31.2 Å². The molecule has 51 heavy (non-hydrogen) atoms. The number of fused-ring (bicyclic) bond motifs is 1. The number of aliphatic imine (C=N–C) groups is 1. The molecule has 0 unspecified atom stereocenters. The summed E-state index contributed by atoms with van der Waals surface area (Å²) in [6.07, 6.45) is 3.65. The molecule has 1 aromatic heterocycles. The van der Waals surface area contributed by atoms with E-state index < -0.39 is 53.7 Å². The molecule has 0 fully saturated rings. The molecule has 4 rings (SSSR count). The molecule has 0 saturated carbocycles. The van der Waals surface area contributed by atoms with Crippen molar-refractivity contribution in [1.29, 1.82) is 0 Å². The Morgan fingerprint density at radius 2 is 1.31 bits per heavy atom. The van der Waals surface area contributed by atoms with Crippen LogP contribution in [0.3, 0.4) is 0 Å². The molecular weight excluding hydrogens is 652 g/mol. The first-order chi connectivity index (χ1) is 24.5. The summed E-state index contributed by atoms with van der Waals surface area (Å²) in [7, 11) is 0. The summed E-state index contributed by atoms with van der Waals surface area (Å²) in [6.45, 7) is 1.46. The summed E-state index contributed by atoms with van der Waals surface area (Å²) in [5, 5.41) is 12.8. The van der Waals surface area contributed by atoms with Crippen molar-refractivity contribution in [2.24, 2.45) is 22.2 Å². The number of nitrogens with two attached hydrogens (primary N) is 3. The molecule has 0 aliphatic heterocycles. The van der Waals surface area contributed by atoms with E-state index in [1.54, 1.807) is 24.3 Å². The van der Waals surface area contributed by atoms with E-state index in [0.29, 0.717) is 12.1 Å². The summed E-state index contributed by atoms with van der Waals surface area (Å²) in [4.78, 5) is 76.7. The standard InChI is InChI=1S/C36H44N10O5/c1-22(47)43-31(19-27-20-40-21-42-27)35(51)46-30(17-23-8-3-2-4-9-23)34(50)44-28(12-7-15-41-36(38)39)33(49)45-29(32(37)48)18-24-13-14-25-10-5-6-11-26(25)16-24/h2-6,8-11,13-14,16,20-21,28-31H,7,12,15,17-19H2,1H3,(H2,37,48)(H,40,42)(H,43,47)(H,44,50)(H,45,49)(H,46,51)(H4,38,39,41)/t28-,29+,30+,31-/m0/s1. The van der Waals surface area contributed by atoms with Crippen LogP contribution >= 0.6 is 0 Å². The predicted molar refractivity (Wildman–Crippen MR) is 193 cm³/mol. The van der Waals surface area contributed by atoms with E-state index in [0.717, 1.165) is 21.9 Å². The largest absolute Gasteiger partial charge is 0.370 e. The Hall–Kier alpha value is -6.25. The van der Waals surface area contributed by atoms with Gasteiger partial charge in [0.2, 0.25) is 29.5 Å². The highest BCUT2D eigenvalue weighted by Crippen LogP contribution is 2.17. The average Bonchev–Trinajstić information content (AvgIpc) is 3.62. The Balaban J connectivity index is 1.55. The van der Waals surface area contributed by atoms with Crippen molar-refractivity contribution in [3.63, 3.8) is 0 Å². The normalized spacial score (nSPS) is 13.2. The van der Waals surface area contributed by atoms with E-state index in [9.17, 15) is 24.0 Å². The van der Waals surface area contributed by atoms with Crippen LogP contribution in [-0.4, -0.2) is 76.2 Å². The van der Waals surface area contributed by atoms with Crippen LogP contribution in [0.2, 0.25) is 0 Å². The Morgan fingerprint density at radius 1 is 0.706 bits per heavy atom. The number of primary amides is 1. The molecule has 0 spiro atoms. The molecule has 0 aliphatic carbocycles. The summed E-state index contributed by atoms with van der Waals surface area (Å²) in [5.41, 5.74) is 18.8. The topological polar surface area (TPSA) is 253 Å². The first kappa shape index (κ1) is 37.6. The number of imidazole rings is 1. The van der Waals surface area contributed by atoms with Crippen molar-refractivity contribution in [3.05, 3.63) is 102 Å². The molecule has 5 amide bonds. The van der Waals surface area contributed by atoms with Gasteiger partial charge in [0.05, 0.1) is 6.33 Å². The lowest BCUT2D eigenvalue weighted by Gasteiger charge is -2.26. The molecule has 15 nitrogen and oxygen atoms in total. The lowest BCUT2D eigenvalue weighted by molar-refractivity contribution is -0.134.